The van der Waals surface area contributed by atoms with Crippen molar-refractivity contribution in [2.75, 3.05) is 0 Å². The van der Waals surface area contributed by atoms with E-state index in [0.717, 1.165) is 38.7 Å². The fourth-order valence-electron chi connectivity index (χ4n) is 2.36. The van der Waals surface area contributed by atoms with E-state index in [2.05, 4.69) is 45.6 Å². The summed E-state index contributed by atoms with van der Waals surface area (Å²) in [6, 6.07) is 16.0. The highest BCUT2D eigenvalue weighted by atomic mass is 79.9. The van der Waals surface area contributed by atoms with Crippen LogP contribution in [0.3, 0.4) is 0 Å². The summed E-state index contributed by atoms with van der Waals surface area (Å²) in [4.78, 5) is 4.73. The smallest absolute Gasteiger partial charge is 0.133 e. The number of nitrogens with zero attached hydrogens (tertiary/aromatic N) is 2. The first kappa shape index (κ1) is 16.0. The van der Waals surface area contributed by atoms with Gasteiger partial charge in [0.15, 0.2) is 0 Å². The molecule has 0 N–H and O–H groups in total. The minimum Gasteiger partial charge on any atom is -0.331 e. The minimum absolute atomic E-state index is 0.719. The third-order valence-corrected chi connectivity index (χ3v) is 4.45. The molecule has 0 amide bonds. The molecule has 0 spiro atoms. The van der Waals surface area contributed by atoms with Crippen molar-refractivity contribution in [3.8, 4) is 11.3 Å². The molecule has 0 aliphatic heterocycles. The molecular formula is C19H16BrClN2. The maximum absolute atomic E-state index is 6.28. The summed E-state index contributed by atoms with van der Waals surface area (Å²) in [5.41, 5.74) is 2.99. The number of hydrogen-bond donors (Lipinski definition) is 0. The Morgan fingerprint density at radius 2 is 1.83 bits per heavy atom. The SMILES string of the molecule is CCn1cc(-c2ccccc2Cl)nc1/C=C/c1ccc(Br)cc1. The van der Waals surface area contributed by atoms with Gasteiger partial charge in [-0.05, 0) is 36.8 Å². The van der Waals surface area contributed by atoms with E-state index < -0.39 is 0 Å². The van der Waals surface area contributed by atoms with Gasteiger partial charge in [0, 0.05) is 22.8 Å². The lowest BCUT2D eigenvalue weighted by Gasteiger charge is -1.99. The molecule has 0 aliphatic carbocycles. The van der Waals surface area contributed by atoms with E-state index >= 15 is 0 Å². The first-order valence-electron chi connectivity index (χ1n) is 7.43. The Morgan fingerprint density at radius 3 is 2.52 bits per heavy atom. The summed E-state index contributed by atoms with van der Waals surface area (Å²) in [5, 5.41) is 0.719. The molecule has 1 aromatic heterocycles. The van der Waals surface area contributed by atoms with E-state index in [4.69, 9.17) is 16.6 Å². The fourth-order valence-corrected chi connectivity index (χ4v) is 2.86. The summed E-state index contributed by atoms with van der Waals surface area (Å²) in [6.07, 6.45) is 6.15. The van der Waals surface area contributed by atoms with Crippen molar-refractivity contribution < 1.29 is 0 Å². The molecule has 2 nitrogen and oxygen atoms in total. The van der Waals surface area contributed by atoms with E-state index in [9.17, 15) is 0 Å². The number of rotatable bonds is 4. The molecule has 0 bridgehead atoms. The van der Waals surface area contributed by atoms with Gasteiger partial charge in [0.1, 0.15) is 5.82 Å². The summed E-state index contributed by atoms with van der Waals surface area (Å²) in [7, 11) is 0. The molecule has 0 saturated heterocycles. The van der Waals surface area contributed by atoms with E-state index in [-0.39, 0.29) is 0 Å². The van der Waals surface area contributed by atoms with Crippen LogP contribution in [0.25, 0.3) is 23.4 Å². The Hall–Kier alpha value is -1.84. The molecule has 3 aromatic rings. The normalized spacial score (nSPS) is 11.3. The van der Waals surface area contributed by atoms with Crippen LogP contribution in [0.15, 0.2) is 59.2 Å². The van der Waals surface area contributed by atoms with Crippen molar-refractivity contribution in [1.29, 1.82) is 0 Å². The van der Waals surface area contributed by atoms with Crippen LogP contribution in [0, 0.1) is 0 Å². The zero-order valence-corrected chi connectivity index (χ0v) is 15.1. The lowest BCUT2D eigenvalue weighted by Crippen LogP contribution is -1.94. The molecule has 2 aromatic carbocycles. The van der Waals surface area contributed by atoms with E-state index in [0.29, 0.717) is 0 Å². The van der Waals surface area contributed by atoms with Gasteiger partial charge in [-0.1, -0.05) is 63.9 Å². The highest BCUT2D eigenvalue weighted by molar-refractivity contribution is 9.10. The van der Waals surface area contributed by atoms with Crippen molar-refractivity contribution in [2.45, 2.75) is 13.5 Å². The lowest BCUT2D eigenvalue weighted by atomic mass is 10.2. The van der Waals surface area contributed by atoms with Crippen molar-refractivity contribution in [3.63, 3.8) is 0 Å². The van der Waals surface area contributed by atoms with Crippen LogP contribution in [-0.4, -0.2) is 9.55 Å². The van der Waals surface area contributed by atoms with Crippen molar-refractivity contribution in [3.05, 3.63) is 75.6 Å². The largest absolute Gasteiger partial charge is 0.331 e. The van der Waals surface area contributed by atoms with Gasteiger partial charge in [-0.25, -0.2) is 4.98 Å². The first-order valence-corrected chi connectivity index (χ1v) is 8.60. The van der Waals surface area contributed by atoms with Gasteiger partial charge in [0.05, 0.1) is 10.7 Å². The average Bonchev–Trinajstić information content (AvgIpc) is 2.98. The molecule has 0 radical (unpaired) electrons. The van der Waals surface area contributed by atoms with Gasteiger partial charge in [-0.2, -0.15) is 0 Å². The molecule has 4 heteroatoms. The van der Waals surface area contributed by atoms with Gasteiger partial charge in [-0.3, -0.25) is 0 Å². The predicted octanol–water partition coefficient (Wildman–Crippen LogP) is 6.16. The van der Waals surface area contributed by atoms with Crippen LogP contribution in [0.5, 0.6) is 0 Å². The number of halogens is 2. The molecule has 0 atom stereocenters. The van der Waals surface area contributed by atoms with Crippen molar-refractivity contribution in [1.82, 2.24) is 9.55 Å². The Kier molecular flexibility index (Phi) is 4.99. The van der Waals surface area contributed by atoms with Crippen LogP contribution in [0.1, 0.15) is 18.3 Å². The molecule has 23 heavy (non-hydrogen) atoms. The average molecular weight is 388 g/mol. The number of hydrogen-bond acceptors (Lipinski definition) is 1. The monoisotopic (exact) mass is 386 g/mol. The van der Waals surface area contributed by atoms with Crippen molar-refractivity contribution >= 4 is 39.7 Å². The second kappa shape index (κ2) is 7.16. The van der Waals surface area contributed by atoms with Gasteiger partial charge in [0.2, 0.25) is 0 Å². The third-order valence-electron chi connectivity index (χ3n) is 3.59. The number of aryl methyl sites for hydroxylation is 1. The summed E-state index contributed by atoms with van der Waals surface area (Å²) < 4.78 is 3.19. The van der Waals surface area contributed by atoms with Gasteiger partial charge >= 0.3 is 0 Å². The first-order chi connectivity index (χ1) is 11.2. The Bertz CT molecular complexity index is 835. The summed E-state index contributed by atoms with van der Waals surface area (Å²) in [6.45, 7) is 2.96. The standard InChI is InChI=1S/C19H16BrClN2/c1-2-23-13-18(16-5-3-4-6-17(16)21)22-19(23)12-9-14-7-10-15(20)11-8-14/h3-13H,2H2,1H3/b12-9+. The molecule has 116 valence electrons. The van der Waals surface area contributed by atoms with Gasteiger partial charge in [-0.15, -0.1) is 0 Å². The van der Waals surface area contributed by atoms with Crippen LogP contribution < -0.4 is 0 Å². The Labute approximate surface area is 149 Å². The maximum atomic E-state index is 6.28. The van der Waals surface area contributed by atoms with Crippen LogP contribution >= 0.6 is 27.5 Å². The second-order valence-corrected chi connectivity index (χ2v) is 6.46. The van der Waals surface area contributed by atoms with E-state index in [1.165, 1.54) is 0 Å². The quantitative estimate of drug-likeness (QED) is 0.524. The van der Waals surface area contributed by atoms with E-state index in [1.807, 2.05) is 48.7 Å². The molecular weight excluding hydrogens is 372 g/mol. The fraction of sp³-hybridized carbons (Fsp3) is 0.105. The van der Waals surface area contributed by atoms with Crippen LogP contribution in [0.2, 0.25) is 5.02 Å². The molecule has 0 unspecified atom stereocenters. The molecule has 0 aliphatic rings. The zero-order valence-electron chi connectivity index (χ0n) is 12.7. The van der Waals surface area contributed by atoms with E-state index in [1.54, 1.807) is 0 Å². The number of imidazole rings is 1. The highest BCUT2D eigenvalue weighted by Crippen LogP contribution is 2.27. The second-order valence-electron chi connectivity index (χ2n) is 5.14. The summed E-state index contributed by atoms with van der Waals surface area (Å²) in [5.74, 6) is 0.922. The number of benzene rings is 2. The zero-order chi connectivity index (χ0) is 16.2. The highest BCUT2D eigenvalue weighted by Gasteiger charge is 2.09. The topological polar surface area (TPSA) is 17.8 Å². The maximum Gasteiger partial charge on any atom is 0.133 e. The van der Waals surface area contributed by atoms with Gasteiger partial charge in [0.25, 0.3) is 0 Å². The predicted molar refractivity (Wildman–Crippen MR) is 101 cm³/mol. The lowest BCUT2D eigenvalue weighted by molar-refractivity contribution is 0.753. The number of aromatic nitrogens is 2. The minimum atomic E-state index is 0.719. The Balaban J connectivity index is 1.93. The van der Waals surface area contributed by atoms with Gasteiger partial charge < -0.3 is 4.57 Å². The third kappa shape index (κ3) is 3.74. The molecule has 0 fully saturated rings. The molecule has 1 heterocycles. The van der Waals surface area contributed by atoms with Crippen molar-refractivity contribution in [2.24, 2.45) is 0 Å². The van der Waals surface area contributed by atoms with Crippen LogP contribution in [0.4, 0.5) is 0 Å². The molecule has 3 rings (SSSR count). The Morgan fingerprint density at radius 1 is 1.09 bits per heavy atom. The molecule has 0 saturated carbocycles. The summed E-state index contributed by atoms with van der Waals surface area (Å²) >= 11 is 9.73. The van der Waals surface area contributed by atoms with Crippen LogP contribution in [-0.2, 0) is 6.54 Å².